The fraction of sp³-hybridized carbons (Fsp3) is 0.217. The maximum atomic E-state index is 12.9. The summed E-state index contributed by atoms with van der Waals surface area (Å²) in [5.41, 5.74) is 4.66. The second-order valence-electron chi connectivity index (χ2n) is 7.64. The molecule has 160 valence electrons. The molecule has 5 rings (SSSR count). The number of aromatic nitrogens is 7. The van der Waals surface area contributed by atoms with Crippen molar-refractivity contribution in [3.63, 3.8) is 0 Å². The molecule has 0 N–H and O–H groups in total. The number of aryl methyl sites for hydroxylation is 2. The molecule has 0 amide bonds. The Morgan fingerprint density at radius 3 is 2.47 bits per heavy atom. The van der Waals surface area contributed by atoms with Gasteiger partial charge in [0.05, 0.1) is 6.54 Å². The molecular weight excluding hydrogens is 406 g/mol. The minimum atomic E-state index is -0.308. The molecule has 3 aromatic heterocycles. The van der Waals surface area contributed by atoms with E-state index in [0.717, 1.165) is 17.5 Å². The molecule has 9 heteroatoms. The molecule has 2 aromatic carbocycles. The lowest BCUT2D eigenvalue weighted by molar-refractivity contribution is 0.369. The van der Waals surface area contributed by atoms with Crippen molar-refractivity contribution in [2.24, 2.45) is 0 Å². The zero-order valence-corrected chi connectivity index (χ0v) is 17.8. The third-order valence-electron chi connectivity index (χ3n) is 5.34. The number of rotatable bonds is 6. The molecule has 0 atom stereocenters. The maximum Gasteiger partial charge on any atom is 0.283 e. The molecule has 0 aliphatic carbocycles. The van der Waals surface area contributed by atoms with Crippen LogP contribution < -0.4 is 5.56 Å². The Hall–Kier alpha value is -4.14. The smallest absolute Gasteiger partial charge is 0.283 e. The number of benzene rings is 2. The molecule has 0 aliphatic heterocycles. The van der Waals surface area contributed by atoms with Gasteiger partial charge in [-0.2, -0.15) is 4.98 Å². The fourth-order valence-electron chi connectivity index (χ4n) is 3.44. The van der Waals surface area contributed by atoms with Crippen LogP contribution in [0.3, 0.4) is 0 Å². The lowest BCUT2D eigenvalue weighted by atomic mass is 10.1. The Labute approximate surface area is 183 Å². The first-order chi connectivity index (χ1) is 15.6. The van der Waals surface area contributed by atoms with Gasteiger partial charge in [-0.1, -0.05) is 71.4 Å². The van der Waals surface area contributed by atoms with Crippen LogP contribution in [0.25, 0.3) is 22.6 Å². The molecule has 0 fully saturated rings. The standard InChI is InChI=1S/C23H21N7O2/c1-3-16-8-10-18(11-9-16)21-25-19(32-27-21)13-29-14-24-22-20(23(29)31)26-28-30(22)12-17-6-4-15(2)5-7-17/h4-11,14H,3,12-13H2,1-2H3. The van der Waals surface area contributed by atoms with E-state index in [1.807, 2.05) is 55.5 Å². The highest BCUT2D eigenvalue weighted by atomic mass is 16.5. The van der Waals surface area contributed by atoms with Crippen molar-refractivity contribution < 1.29 is 4.52 Å². The molecule has 0 bridgehead atoms. The third kappa shape index (κ3) is 3.80. The maximum absolute atomic E-state index is 12.9. The Bertz CT molecular complexity index is 1430. The third-order valence-corrected chi connectivity index (χ3v) is 5.34. The lowest BCUT2D eigenvalue weighted by Gasteiger charge is -2.04. The fourth-order valence-corrected chi connectivity index (χ4v) is 3.44. The average Bonchev–Trinajstić information content (AvgIpc) is 3.45. The minimum absolute atomic E-state index is 0.104. The summed E-state index contributed by atoms with van der Waals surface area (Å²) >= 11 is 0. The first kappa shape index (κ1) is 19.8. The normalized spacial score (nSPS) is 11.3. The number of nitrogens with zero attached hydrogens (tertiary/aromatic N) is 7. The number of hydrogen-bond donors (Lipinski definition) is 0. The Morgan fingerprint density at radius 2 is 1.72 bits per heavy atom. The summed E-state index contributed by atoms with van der Waals surface area (Å²) in [5, 5.41) is 12.2. The monoisotopic (exact) mass is 427 g/mol. The van der Waals surface area contributed by atoms with Crippen LogP contribution in [0.1, 0.15) is 29.5 Å². The van der Waals surface area contributed by atoms with Crippen LogP contribution in [-0.2, 0) is 19.5 Å². The van der Waals surface area contributed by atoms with Gasteiger partial charge in [-0.25, -0.2) is 9.67 Å². The van der Waals surface area contributed by atoms with Gasteiger partial charge >= 0.3 is 0 Å². The zero-order chi connectivity index (χ0) is 22.1. The van der Waals surface area contributed by atoms with E-state index in [2.05, 4.69) is 32.4 Å². The molecule has 0 saturated heterocycles. The highest BCUT2D eigenvalue weighted by Crippen LogP contribution is 2.17. The van der Waals surface area contributed by atoms with Crippen LogP contribution in [0, 0.1) is 6.92 Å². The van der Waals surface area contributed by atoms with Gasteiger partial charge in [-0.3, -0.25) is 9.36 Å². The summed E-state index contributed by atoms with van der Waals surface area (Å²) in [5.74, 6) is 0.795. The molecule has 0 spiro atoms. The van der Waals surface area contributed by atoms with Gasteiger partial charge in [0.25, 0.3) is 5.56 Å². The SMILES string of the molecule is CCc1ccc(-c2noc(Cn3cnc4c(nnn4Cc4ccc(C)cc4)c3=O)n2)cc1. The number of hydrogen-bond acceptors (Lipinski definition) is 7. The summed E-state index contributed by atoms with van der Waals surface area (Å²) in [6.45, 7) is 4.72. The molecule has 0 unspecified atom stereocenters. The van der Waals surface area contributed by atoms with Gasteiger partial charge < -0.3 is 4.52 Å². The number of fused-ring (bicyclic) bond motifs is 1. The Balaban J connectivity index is 1.38. The Kier molecular flexibility index (Phi) is 5.06. The van der Waals surface area contributed by atoms with Crippen molar-refractivity contribution in [3.05, 3.63) is 87.8 Å². The predicted molar refractivity (Wildman–Crippen MR) is 118 cm³/mol. The molecule has 32 heavy (non-hydrogen) atoms. The highest BCUT2D eigenvalue weighted by Gasteiger charge is 2.15. The molecular formula is C23H21N7O2. The quantitative estimate of drug-likeness (QED) is 0.410. The van der Waals surface area contributed by atoms with Crippen molar-refractivity contribution in [2.75, 3.05) is 0 Å². The minimum Gasteiger partial charge on any atom is -0.337 e. The van der Waals surface area contributed by atoms with Crippen LogP contribution in [-0.4, -0.2) is 34.7 Å². The second kappa shape index (κ2) is 8.18. The van der Waals surface area contributed by atoms with Crippen LogP contribution in [0.4, 0.5) is 0 Å². The van der Waals surface area contributed by atoms with Crippen LogP contribution in [0.2, 0.25) is 0 Å². The van der Waals surface area contributed by atoms with Crippen LogP contribution in [0.15, 0.2) is 64.2 Å². The van der Waals surface area contributed by atoms with Gasteiger partial charge in [0, 0.05) is 5.56 Å². The van der Waals surface area contributed by atoms with E-state index in [1.165, 1.54) is 22.0 Å². The van der Waals surface area contributed by atoms with Gasteiger partial charge in [0.2, 0.25) is 11.7 Å². The average molecular weight is 427 g/mol. The summed E-state index contributed by atoms with van der Waals surface area (Å²) in [6, 6.07) is 16.1. The van der Waals surface area contributed by atoms with E-state index in [9.17, 15) is 4.79 Å². The van der Waals surface area contributed by atoms with Crippen molar-refractivity contribution >= 4 is 11.2 Å². The molecule has 0 saturated carbocycles. The van der Waals surface area contributed by atoms with E-state index in [4.69, 9.17) is 4.52 Å². The van der Waals surface area contributed by atoms with Gasteiger partial charge in [0.1, 0.15) is 12.9 Å². The van der Waals surface area contributed by atoms with Crippen LogP contribution in [0.5, 0.6) is 0 Å². The summed E-state index contributed by atoms with van der Waals surface area (Å²) in [6.07, 6.45) is 2.42. The summed E-state index contributed by atoms with van der Waals surface area (Å²) in [7, 11) is 0. The van der Waals surface area contributed by atoms with Gasteiger partial charge in [0.15, 0.2) is 11.2 Å². The first-order valence-electron chi connectivity index (χ1n) is 10.4. The largest absolute Gasteiger partial charge is 0.337 e. The van der Waals surface area contributed by atoms with E-state index in [0.29, 0.717) is 23.9 Å². The van der Waals surface area contributed by atoms with E-state index in [-0.39, 0.29) is 17.6 Å². The first-order valence-corrected chi connectivity index (χ1v) is 10.4. The molecule has 3 heterocycles. The zero-order valence-electron chi connectivity index (χ0n) is 17.8. The van der Waals surface area contributed by atoms with E-state index < -0.39 is 0 Å². The molecule has 9 nitrogen and oxygen atoms in total. The van der Waals surface area contributed by atoms with Crippen molar-refractivity contribution in [1.29, 1.82) is 0 Å². The summed E-state index contributed by atoms with van der Waals surface area (Å²) in [4.78, 5) is 21.7. The van der Waals surface area contributed by atoms with Crippen molar-refractivity contribution in [2.45, 2.75) is 33.4 Å². The molecule has 0 aliphatic rings. The molecule has 0 radical (unpaired) electrons. The van der Waals surface area contributed by atoms with Gasteiger partial charge in [-0.15, -0.1) is 5.10 Å². The van der Waals surface area contributed by atoms with Crippen molar-refractivity contribution in [1.82, 2.24) is 34.7 Å². The highest BCUT2D eigenvalue weighted by molar-refractivity contribution is 5.67. The van der Waals surface area contributed by atoms with Crippen LogP contribution >= 0.6 is 0 Å². The van der Waals surface area contributed by atoms with Crippen molar-refractivity contribution in [3.8, 4) is 11.4 Å². The second-order valence-corrected chi connectivity index (χ2v) is 7.64. The Morgan fingerprint density at radius 1 is 0.969 bits per heavy atom. The summed E-state index contributed by atoms with van der Waals surface area (Å²) < 4.78 is 8.37. The predicted octanol–water partition coefficient (Wildman–Crippen LogP) is 3.01. The van der Waals surface area contributed by atoms with E-state index >= 15 is 0 Å². The lowest BCUT2D eigenvalue weighted by Crippen LogP contribution is -2.21. The molecule has 5 aromatic rings. The van der Waals surface area contributed by atoms with E-state index in [1.54, 1.807) is 4.68 Å². The topological polar surface area (TPSA) is 105 Å². The van der Waals surface area contributed by atoms with Gasteiger partial charge in [-0.05, 0) is 24.5 Å².